The summed E-state index contributed by atoms with van der Waals surface area (Å²) < 4.78 is 43.8. The van der Waals surface area contributed by atoms with E-state index in [4.69, 9.17) is 13.9 Å². The van der Waals surface area contributed by atoms with Gasteiger partial charge in [0.2, 0.25) is 21.8 Å². The summed E-state index contributed by atoms with van der Waals surface area (Å²) in [6, 6.07) is 10.4. The predicted molar refractivity (Wildman–Crippen MR) is 113 cm³/mol. The molecule has 0 amide bonds. The largest absolute Gasteiger partial charge is 0.493 e. The normalized spacial score (nSPS) is 11.7. The lowest BCUT2D eigenvalue weighted by atomic mass is 10.1. The van der Waals surface area contributed by atoms with E-state index in [1.807, 2.05) is 13.8 Å². The first-order valence-corrected chi connectivity index (χ1v) is 11.0. The minimum atomic E-state index is -3.61. The van der Waals surface area contributed by atoms with Gasteiger partial charge in [0, 0.05) is 24.2 Å². The summed E-state index contributed by atoms with van der Waals surface area (Å²) >= 11 is 0. The molecule has 0 atom stereocenters. The highest BCUT2D eigenvalue weighted by atomic mass is 32.2. The van der Waals surface area contributed by atoms with Gasteiger partial charge in [-0.25, -0.2) is 8.42 Å². The molecule has 0 spiro atoms. The first kappa shape index (κ1) is 21.8. The molecule has 1 heterocycles. The van der Waals surface area contributed by atoms with E-state index in [1.165, 1.54) is 4.31 Å². The number of benzene rings is 2. The lowest BCUT2D eigenvalue weighted by molar-refractivity contribution is 0.355. The quantitative estimate of drug-likeness (QED) is 0.536. The SMILES string of the molecule is CCN(CC)S(=O)(=O)c1cc(-c2nnc(-c3ccc(OC)c(OC)c3)o2)ccc1C. The highest BCUT2D eigenvalue weighted by Gasteiger charge is 2.25. The number of nitrogens with zero attached hydrogens (tertiary/aromatic N) is 3. The zero-order valence-corrected chi connectivity index (χ0v) is 18.5. The minimum absolute atomic E-state index is 0.231. The minimum Gasteiger partial charge on any atom is -0.493 e. The summed E-state index contributed by atoms with van der Waals surface area (Å²) in [5.41, 5.74) is 1.85. The summed E-state index contributed by atoms with van der Waals surface area (Å²) in [4.78, 5) is 0.231. The van der Waals surface area contributed by atoms with Crippen LogP contribution in [0.4, 0.5) is 0 Å². The first-order chi connectivity index (χ1) is 14.3. The third-order valence-corrected chi connectivity index (χ3v) is 7.01. The van der Waals surface area contributed by atoms with Gasteiger partial charge in [-0.05, 0) is 42.8 Å². The molecule has 0 N–H and O–H groups in total. The van der Waals surface area contributed by atoms with Crippen LogP contribution >= 0.6 is 0 Å². The van der Waals surface area contributed by atoms with Crippen molar-refractivity contribution >= 4 is 10.0 Å². The van der Waals surface area contributed by atoms with E-state index in [2.05, 4.69) is 10.2 Å². The van der Waals surface area contributed by atoms with E-state index in [0.29, 0.717) is 47.2 Å². The molecule has 2 aromatic carbocycles. The van der Waals surface area contributed by atoms with Crippen LogP contribution < -0.4 is 9.47 Å². The first-order valence-electron chi connectivity index (χ1n) is 9.52. The average Bonchev–Trinajstić information content (AvgIpc) is 3.24. The van der Waals surface area contributed by atoms with Crippen LogP contribution in [0.15, 0.2) is 45.7 Å². The molecule has 0 aliphatic heterocycles. The standard InChI is InChI=1S/C21H25N3O5S/c1-6-24(7-2)30(25,26)19-13-16(9-8-14(19)3)21-23-22-20(29-21)15-10-11-17(27-4)18(12-15)28-5/h8-13H,6-7H2,1-5H3. The van der Waals surface area contributed by atoms with Crippen LogP contribution in [0.5, 0.6) is 11.5 Å². The van der Waals surface area contributed by atoms with Crippen molar-refractivity contribution in [1.29, 1.82) is 0 Å². The molecule has 0 aliphatic carbocycles. The molecule has 3 rings (SSSR count). The van der Waals surface area contributed by atoms with Crippen LogP contribution in [0.2, 0.25) is 0 Å². The van der Waals surface area contributed by atoms with Crippen molar-refractivity contribution in [3.63, 3.8) is 0 Å². The highest BCUT2D eigenvalue weighted by molar-refractivity contribution is 7.89. The van der Waals surface area contributed by atoms with Gasteiger partial charge in [-0.15, -0.1) is 10.2 Å². The zero-order valence-electron chi connectivity index (χ0n) is 17.7. The Morgan fingerprint density at radius 3 is 2.03 bits per heavy atom. The molecule has 0 saturated heterocycles. The number of methoxy groups -OCH3 is 2. The Balaban J connectivity index is 2.00. The van der Waals surface area contributed by atoms with Crippen LogP contribution in [-0.4, -0.2) is 50.2 Å². The summed E-state index contributed by atoms with van der Waals surface area (Å²) in [5, 5.41) is 8.20. The molecule has 160 valence electrons. The molecule has 0 saturated carbocycles. The Morgan fingerprint density at radius 1 is 0.900 bits per heavy atom. The van der Waals surface area contributed by atoms with Gasteiger partial charge in [-0.3, -0.25) is 0 Å². The number of aromatic nitrogens is 2. The molecule has 0 unspecified atom stereocenters. The number of rotatable bonds is 8. The van der Waals surface area contributed by atoms with Gasteiger partial charge < -0.3 is 13.9 Å². The topological polar surface area (TPSA) is 94.8 Å². The van der Waals surface area contributed by atoms with E-state index < -0.39 is 10.0 Å². The summed E-state index contributed by atoms with van der Waals surface area (Å²) in [6.07, 6.45) is 0. The predicted octanol–water partition coefficient (Wildman–Crippen LogP) is 3.76. The van der Waals surface area contributed by atoms with E-state index in [0.717, 1.165) is 0 Å². The van der Waals surface area contributed by atoms with Crippen molar-refractivity contribution < 1.29 is 22.3 Å². The molecule has 8 nitrogen and oxygen atoms in total. The van der Waals surface area contributed by atoms with E-state index in [9.17, 15) is 8.42 Å². The van der Waals surface area contributed by atoms with Crippen molar-refractivity contribution in [2.24, 2.45) is 0 Å². The molecule has 3 aromatic rings. The maximum Gasteiger partial charge on any atom is 0.248 e. The zero-order chi connectivity index (χ0) is 21.9. The van der Waals surface area contributed by atoms with Gasteiger partial charge in [-0.2, -0.15) is 4.31 Å². The molecule has 0 radical (unpaired) electrons. The Labute approximate surface area is 176 Å². The van der Waals surface area contributed by atoms with Gasteiger partial charge in [0.25, 0.3) is 0 Å². The lowest BCUT2D eigenvalue weighted by Gasteiger charge is -2.20. The lowest BCUT2D eigenvalue weighted by Crippen LogP contribution is -2.31. The summed E-state index contributed by atoms with van der Waals surface area (Å²) in [5.74, 6) is 1.65. The number of ether oxygens (including phenoxy) is 2. The van der Waals surface area contributed by atoms with E-state index >= 15 is 0 Å². The molecule has 0 fully saturated rings. The van der Waals surface area contributed by atoms with Crippen LogP contribution in [0, 0.1) is 6.92 Å². The fraction of sp³-hybridized carbons (Fsp3) is 0.333. The Bertz CT molecular complexity index is 1140. The number of sulfonamides is 1. The highest BCUT2D eigenvalue weighted by Crippen LogP contribution is 2.33. The van der Waals surface area contributed by atoms with Crippen molar-refractivity contribution in [1.82, 2.24) is 14.5 Å². The van der Waals surface area contributed by atoms with Crippen LogP contribution in [0.3, 0.4) is 0 Å². The Kier molecular flexibility index (Phi) is 6.42. The number of aryl methyl sites for hydroxylation is 1. The second kappa shape index (κ2) is 8.85. The van der Waals surface area contributed by atoms with E-state index in [1.54, 1.807) is 57.5 Å². The van der Waals surface area contributed by atoms with Gasteiger partial charge in [0.15, 0.2) is 11.5 Å². The summed E-state index contributed by atoms with van der Waals surface area (Å²) in [6.45, 7) is 6.18. The van der Waals surface area contributed by atoms with Crippen molar-refractivity contribution in [3.05, 3.63) is 42.0 Å². The van der Waals surface area contributed by atoms with Crippen molar-refractivity contribution in [2.75, 3.05) is 27.3 Å². The summed E-state index contributed by atoms with van der Waals surface area (Å²) in [7, 11) is -0.506. The monoisotopic (exact) mass is 431 g/mol. The Morgan fingerprint density at radius 2 is 1.47 bits per heavy atom. The second-order valence-corrected chi connectivity index (χ2v) is 8.46. The van der Waals surface area contributed by atoms with Gasteiger partial charge >= 0.3 is 0 Å². The molecule has 30 heavy (non-hydrogen) atoms. The van der Waals surface area contributed by atoms with Crippen LogP contribution in [0.25, 0.3) is 22.9 Å². The average molecular weight is 432 g/mol. The second-order valence-electron chi connectivity index (χ2n) is 6.55. The molecule has 0 aliphatic rings. The van der Waals surface area contributed by atoms with Gasteiger partial charge in [0.1, 0.15) is 0 Å². The fourth-order valence-electron chi connectivity index (χ4n) is 3.14. The van der Waals surface area contributed by atoms with Crippen LogP contribution in [-0.2, 0) is 10.0 Å². The number of hydrogen-bond donors (Lipinski definition) is 0. The van der Waals surface area contributed by atoms with Crippen molar-refractivity contribution in [3.8, 4) is 34.4 Å². The molecule has 1 aromatic heterocycles. The van der Waals surface area contributed by atoms with Gasteiger partial charge in [0.05, 0.1) is 19.1 Å². The molecule has 9 heteroatoms. The maximum absolute atomic E-state index is 13.0. The molecular weight excluding hydrogens is 406 g/mol. The smallest absolute Gasteiger partial charge is 0.248 e. The number of hydrogen-bond acceptors (Lipinski definition) is 7. The fourth-order valence-corrected chi connectivity index (χ4v) is 4.85. The van der Waals surface area contributed by atoms with E-state index in [-0.39, 0.29) is 10.8 Å². The van der Waals surface area contributed by atoms with Crippen LogP contribution in [0.1, 0.15) is 19.4 Å². The van der Waals surface area contributed by atoms with Crippen molar-refractivity contribution in [2.45, 2.75) is 25.7 Å². The molecule has 0 bridgehead atoms. The maximum atomic E-state index is 13.0. The third-order valence-electron chi connectivity index (χ3n) is 4.81. The molecular formula is C21H25N3O5S. The van der Waals surface area contributed by atoms with Gasteiger partial charge in [-0.1, -0.05) is 19.9 Å². The third kappa shape index (κ3) is 4.03. The Hall–Kier alpha value is -2.91.